The fourth-order valence-corrected chi connectivity index (χ4v) is 4.76. The van der Waals surface area contributed by atoms with Crippen LogP contribution in [0.5, 0.6) is 5.75 Å². The molecule has 2 aromatic rings. The van der Waals surface area contributed by atoms with E-state index in [2.05, 4.69) is 4.90 Å². The second-order valence-electron chi connectivity index (χ2n) is 8.12. The van der Waals surface area contributed by atoms with Gasteiger partial charge < -0.3 is 10.2 Å². The summed E-state index contributed by atoms with van der Waals surface area (Å²) in [6, 6.07) is 12.7. The van der Waals surface area contributed by atoms with Crippen LogP contribution in [0.15, 0.2) is 48.5 Å². The number of benzene rings is 2. The molecule has 27 heavy (non-hydrogen) atoms. The minimum Gasteiger partial charge on any atom is -0.508 e. The molecule has 2 aliphatic rings. The largest absolute Gasteiger partial charge is 0.508 e. The van der Waals surface area contributed by atoms with E-state index >= 15 is 0 Å². The highest BCUT2D eigenvalue weighted by atomic mass is 19.1. The first-order chi connectivity index (χ1) is 12.9. The molecule has 1 saturated carbocycles. The van der Waals surface area contributed by atoms with Gasteiger partial charge in [-0.15, -0.1) is 0 Å². The van der Waals surface area contributed by atoms with Crippen LogP contribution in [-0.2, 0) is 6.42 Å². The maximum absolute atomic E-state index is 13.1. The third-order valence-corrected chi connectivity index (χ3v) is 5.94. The number of carbonyl (C=O) groups is 1. The van der Waals surface area contributed by atoms with Gasteiger partial charge in [0.15, 0.2) is 5.78 Å². The van der Waals surface area contributed by atoms with E-state index in [1.807, 2.05) is 0 Å². The summed E-state index contributed by atoms with van der Waals surface area (Å²) in [5, 5.41) is 20.3. The number of Topliss-reactive ketones (excluding diaryl/α,β-unsaturated/α-hetero) is 1. The summed E-state index contributed by atoms with van der Waals surface area (Å²) in [5.74, 6) is 0.730. The van der Waals surface area contributed by atoms with Crippen LogP contribution in [0.2, 0.25) is 0 Å². The number of aliphatic hydroxyl groups is 1. The van der Waals surface area contributed by atoms with Gasteiger partial charge in [-0.25, -0.2) is 4.39 Å². The fourth-order valence-electron chi connectivity index (χ4n) is 4.76. The molecule has 142 valence electrons. The lowest BCUT2D eigenvalue weighted by Gasteiger charge is -2.26. The first-order valence-electron chi connectivity index (χ1n) is 9.42. The standard InChI is InChI=1S/C22H24FNO3/c23-19-5-1-15(2-6-19)9-22(27)10-17-12-24(13-18(17)11-22)14-21(26)16-3-7-20(25)8-4-16/h1-8,17-18,25,27H,9-14H2/t17-,18+,22?. The lowest BCUT2D eigenvalue weighted by atomic mass is 9.91. The zero-order valence-electron chi connectivity index (χ0n) is 15.1. The molecule has 0 bridgehead atoms. The summed E-state index contributed by atoms with van der Waals surface area (Å²) in [5.41, 5.74) is 0.830. The van der Waals surface area contributed by atoms with Crippen LogP contribution in [0, 0.1) is 17.7 Å². The van der Waals surface area contributed by atoms with Gasteiger partial charge in [0.2, 0.25) is 0 Å². The molecule has 1 aliphatic carbocycles. The third-order valence-electron chi connectivity index (χ3n) is 5.94. The van der Waals surface area contributed by atoms with Crippen molar-refractivity contribution >= 4 is 5.78 Å². The summed E-state index contributed by atoms with van der Waals surface area (Å²) < 4.78 is 13.1. The molecular formula is C22H24FNO3. The van der Waals surface area contributed by atoms with Gasteiger partial charge in [0.25, 0.3) is 0 Å². The summed E-state index contributed by atoms with van der Waals surface area (Å²) in [7, 11) is 0. The van der Waals surface area contributed by atoms with Crippen molar-refractivity contribution in [2.75, 3.05) is 19.6 Å². The summed E-state index contributed by atoms with van der Waals surface area (Å²) in [6.07, 6.45) is 1.99. The molecule has 0 radical (unpaired) electrons. The van der Waals surface area contributed by atoms with E-state index in [0.717, 1.165) is 31.5 Å². The average Bonchev–Trinajstić information content (AvgIpc) is 3.11. The van der Waals surface area contributed by atoms with Crippen LogP contribution >= 0.6 is 0 Å². The lowest BCUT2D eigenvalue weighted by molar-refractivity contribution is 0.0355. The Morgan fingerprint density at radius 2 is 1.63 bits per heavy atom. The molecule has 2 fully saturated rings. The average molecular weight is 369 g/mol. The Morgan fingerprint density at radius 3 is 2.22 bits per heavy atom. The van der Waals surface area contributed by atoms with Crippen LogP contribution < -0.4 is 0 Å². The van der Waals surface area contributed by atoms with E-state index in [4.69, 9.17) is 0 Å². The van der Waals surface area contributed by atoms with Gasteiger partial charge in [-0.1, -0.05) is 12.1 Å². The maximum atomic E-state index is 13.1. The molecule has 1 aliphatic heterocycles. The van der Waals surface area contributed by atoms with Crippen LogP contribution in [0.1, 0.15) is 28.8 Å². The Morgan fingerprint density at radius 1 is 1.04 bits per heavy atom. The number of nitrogens with zero attached hydrogens (tertiary/aromatic N) is 1. The molecule has 4 nitrogen and oxygen atoms in total. The topological polar surface area (TPSA) is 60.8 Å². The number of carbonyl (C=O) groups excluding carboxylic acids is 1. The van der Waals surface area contributed by atoms with Crippen molar-refractivity contribution in [1.29, 1.82) is 0 Å². The van der Waals surface area contributed by atoms with E-state index in [1.165, 1.54) is 24.3 Å². The van der Waals surface area contributed by atoms with E-state index in [0.29, 0.717) is 30.4 Å². The van der Waals surface area contributed by atoms with Crippen molar-refractivity contribution in [3.8, 4) is 5.75 Å². The normalized spacial score (nSPS) is 27.6. The molecule has 0 aromatic heterocycles. The van der Waals surface area contributed by atoms with E-state index in [9.17, 15) is 19.4 Å². The summed E-state index contributed by atoms with van der Waals surface area (Å²) in [4.78, 5) is 14.6. The van der Waals surface area contributed by atoms with Gasteiger partial charge in [0, 0.05) is 25.1 Å². The van der Waals surface area contributed by atoms with Gasteiger partial charge in [-0.2, -0.15) is 0 Å². The Labute approximate surface area is 158 Å². The molecule has 3 atom stereocenters. The molecule has 4 rings (SSSR count). The molecule has 2 aromatic carbocycles. The number of hydrogen-bond donors (Lipinski definition) is 2. The molecule has 2 N–H and O–H groups in total. The van der Waals surface area contributed by atoms with E-state index in [-0.39, 0.29) is 17.3 Å². The van der Waals surface area contributed by atoms with Crippen molar-refractivity contribution in [3.05, 3.63) is 65.5 Å². The predicted molar refractivity (Wildman–Crippen MR) is 100 cm³/mol. The highest BCUT2D eigenvalue weighted by Crippen LogP contribution is 2.45. The summed E-state index contributed by atoms with van der Waals surface area (Å²) >= 11 is 0. The number of phenols is 1. The van der Waals surface area contributed by atoms with Crippen molar-refractivity contribution in [3.63, 3.8) is 0 Å². The molecule has 0 amide bonds. The molecule has 1 unspecified atom stereocenters. The lowest BCUT2D eigenvalue weighted by Crippen LogP contribution is -2.34. The van der Waals surface area contributed by atoms with Crippen molar-refractivity contribution < 1.29 is 19.4 Å². The van der Waals surface area contributed by atoms with Gasteiger partial charge in [-0.05, 0) is 66.6 Å². The first kappa shape index (κ1) is 18.1. The van der Waals surface area contributed by atoms with Gasteiger partial charge in [0.1, 0.15) is 11.6 Å². The number of halogens is 1. The smallest absolute Gasteiger partial charge is 0.176 e. The van der Waals surface area contributed by atoms with Crippen molar-refractivity contribution in [1.82, 2.24) is 4.90 Å². The number of aromatic hydroxyl groups is 1. The molecule has 5 heteroatoms. The molecule has 0 spiro atoms. The zero-order chi connectivity index (χ0) is 19.0. The van der Waals surface area contributed by atoms with Crippen molar-refractivity contribution in [2.24, 2.45) is 11.8 Å². The summed E-state index contributed by atoms with van der Waals surface area (Å²) in [6.45, 7) is 2.01. The van der Waals surface area contributed by atoms with Crippen molar-refractivity contribution in [2.45, 2.75) is 24.9 Å². The molecular weight excluding hydrogens is 345 g/mol. The Bertz CT molecular complexity index is 804. The van der Waals surface area contributed by atoms with Gasteiger partial charge in [0.05, 0.1) is 12.1 Å². The Kier molecular flexibility index (Phi) is 4.74. The van der Waals surface area contributed by atoms with Gasteiger partial charge >= 0.3 is 0 Å². The third kappa shape index (κ3) is 4.04. The second kappa shape index (κ2) is 7.06. The minimum absolute atomic E-state index is 0.0524. The number of phenolic OH excluding ortho intramolecular Hbond substituents is 1. The maximum Gasteiger partial charge on any atom is 0.176 e. The number of rotatable bonds is 5. The monoisotopic (exact) mass is 369 g/mol. The Balaban J connectivity index is 1.33. The number of hydrogen-bond acceptors (Lipinski definition) is 4. The van der Waals surface area contributed by atoms with Crippen LogP contribution in [0.4, 0.5) is 4.39 Å². The van der Waals surface area contributed by atoms with Crippen LogP contribution in [0.25, 0.3) is 0 Å². The van der Waals surface area contributed by atoms with E-state index in [1.54, 1.807) is 24.3 Å². The number of fused-ring (bicyclic) bond motifs is 1. The first-order valence-corrected chi connectivity index (χ1v) is 9.42. The number of ketones is 1. The zero-order valence-corrected chi connectivity index (χ0v) is 15.1. The minimum atomic E-state index is -0.736. The highest BCUT2D eigenvalue weighted by Gasteiger charge is 2.48. The second-order valence-corrected chi connectivity index (χ2v) is 8.12. The van der Waals surface area contributed by atoms with Crippen LogP contribution in [0.3, 0.4) is 0 Å². The van der Waals surface area contributed by atoms with E-state index < -0.39 is 5.60 Å². The number of likely N-dealkylation sites (tertiary alicyclic amines) is 1. The molecule has 1 heterocycles. The van der Waals surface area contributed by atoms with Gasteiger partial charge in [-0.3, -0.25) is 9.69 Å². The quantitative estimate of drug-likeness (QED) is 0.796. The highest BCUT2D eigenvalue weighted by molar-refractivity contribution is 5.97. The SMILES string of the molecule is O=C(CN1C[C@@H]2CC(O)(Cc3ccc(F)cc3)C[C@@H]2C1)c1ccc(O)cc1. The molecule has 1 saturated heterocycles. The Hall–Kier alpha value is -2.24. The van der Waals surface area contributed by atoms with Crippen LogP contribution in [-0.4, -0.2) is 46.1 Å². The predicted octanol–water partition coefficient (Wildman–Crippen LogP) is 3.03. The fraction of sp³-hybridized carbons (Fsp3) is 0.409.